The van der Waals surface area contributed by atoms with E-state index in [-0.39, 0.29) is 11.1 Å². The van der Waals surface area contributed by atoms with Gasteiger partial charge in [0.25, 0.3) is 0 Å². The van der Waals surface area contributed by atoms with Crippen molar-refractivity contribution in [3.63, 3.8) is 0 Å². The third-order valence-electron chi connectivity index (χ3n) is 2.43. The number of rotatable bonds is 4. The van der Waals surface area contributed by atoms with Crippen LogP contribution in [-0.4, -0.2) is 16.3 Å². The van der Waals surface area contributed by atoms with Crippen molar-refractivity contribution in [2.75, 3.05) is 6.54 Å². The van der Waals surface area contributed by atoms with Gasteiger partial charge in [-0.2, -0.15) is 5.10 Å². The highest BCUT2D eigenvalue weighted by Crippen LogP contribution is 2.35. The van der Waals surface area contributed by atoms with Crippen LogP contribution in [-0.2, 0) is 7.05 Å². The topological polar surface area (TPSA) is 43.8 Å². The Balaban J connectivity index is 2.20. The van der Waals surface area contributed by atoms with Crippen molar-refractivity contribution >= 4 is 11.8 Å². The lowest BCUT2D eigenvalue weighted by atomic mass is 10.1. The molecule has 1 aromatic carbocycles. The fraction of sp³-hybridized carbons (Fsp3) is 0.250. The zero-order valence-electron chi connectivity index (χ0n) is 9.51. The molecule has 0 aliphatic rings. The number of nitrogens with zero attached hydrogens (tertiary/aromatic N) is 2. The lowest BCUT2D eigenvalue weighted by Crippen LogP contribution is -2.10. The smallest absolute Gasteiger partial charge is 0.127 e. The van der Waals surface area contributed by atoms with Gasteiger partial charge in [0.05, 0.1) is 6.20 Å². The minimum atomic E-state index is -0.209. The summed E-state index contributed by atoms with van der Waals surface area (Å²) in [6.07, 6.45) is 3.66. The Morgan fingerprint density at radius 1 is 1.47 bits per heavy atom. The Morgan fingerprint density at radius 2 is 2.24 bits per heavy atom. The van der Waals surface area contributed by atoms with Crippen molar-refractivity contribution in [3.8, 4) is 0 Å². The van der Waals surface area contributed by atoms with Gasteiger partial charge in [0.15, 0.2) is 0 Å². The Hall–Kier alpha value is -1.33. The first-order valence-electron chi connectivity index (χ1n) is 5.30. The number of thioether (sulfide) groups is 1. The van der Waals surface area contributed by atoms with E-state index in [1.54, 1.807) is 23.0 Å². The second kappa shape index (κ2) is 5.33. The molecule has 2 N–H and O–H groups in total. The zero-order valence-corrected chi connectivity index (χ0v) is 10.3. The average molecular weight is 251 g/mol. The molecular weight excluding hydrogens is 237 g/mol. The maximum Gasteiger partial charge on any atom is 0.127 e. The Kier molecular flexibility index (Phi) is 3.81. The second-order valence-corrected chi connectivity index (χ2v) is 4.99. The first kappa shape index (κ1) is 12.1. The van der Waals surface area contributed by atoms with Crippen molar-refractivity contribution in [2.45, 2.75) is 10.1 Å². The van der Waals surface area contributed by atoms with Gasteiger partial charge in [-0.3, -0.25) is 4.68 Å². The number of benzene rings is 1. The largest absolute Gasteiger partial charge is 0.329 e. The molecule has 2 aromatic rings. The van der Waals surface area contributed by atoms with Crippen molar-refractivity contribution in [2.24, 2.45) is 12.8 Å². The molecule has 17 heavy (non-hydrogen) atoms. The third-order valence-corrected chi connectivity index (χ3v) is 3.64. The SMILES string of the molecule is Cn1cc(SC(CN)c2ccccc2F)cn1. The zero-order chi connectivity index (χ0) is 12.3. The normalized spacial score (nSPS) is 12.6. The number of hydrogen-bond donors (Lipinski definition) is 1. The standard InChI is InChI=1S/C12H14FN3S/c1-16-8-9(7-15-16)17-12(6-14)10-4-2-3-5-11(10)13/h2-5,7-8,12H,6,14H2,1H3. The molecule has 0 radical (unpaired) electrons. The highest BCUT2D eigenvalue weighted by atomic mass is 32.2. The molecule has 0 amide bonds. The predicted octanol–water partition coefficient (Wildman–Crippen LogP) is 2.35. The van der Waals surface area contributed by atoms with Gasteiger partial charge in [-0.1, -0.05) is 18.2 Å². The Bertz CT molecular complexity index is 498. The fourth-order valence-corrected chi connectivity index (χ4v) is 2.66. The molecule has 0 spiro atoms. The summed E-state index contributed by atoms with van der Waals surface area (Å²) in [5.74, 6) is -0.209. The third kappa shape index (κ3) is 2.87. The van der Waals surface area contributed by atoms with Crippen LogP contribution in [0.25, 0.3) is 0 Å². The summed E-state index contributed by atoms with van der Waals surface area (Å²) in [4.78, 5) is 0.992. The van der Waals surface area contributed by atoms with E-state index in [4.69, 9.17) is 5.73 Å². The second-order valence-electron chi connectivity index (χ2n) is 3.71. The van der Waals surface area contributed by atoms with Gasteiger partial charge in [-0.15, -0.1) is 11.8 Å². The molecule has 0 bridgehead atoms. The first-order valence-corrected chi connectivity index (χ1v) is 6.18. The summed E-state index contributed by atoms with van der Waals surface area (Å²) in [5.41, 5.74) is 6.36. The van der Waals surface area contributed by atoms with Crippen molar-refractivity contribution in [3.05, 3.63) is 48.0 Å². The molecule has 0 aliphatic heterocycles. The molecule has 1 aromatic heterocycles. The van der Waals surface area contributed by atoms with E-state index in [9.17, 15) is 4.39 Å². The maximum absolute atomic E-state index is 13.6. The van der Waals surface area contributed by atoms with Crippen LogP contribution in [0.5, 0.6) is 0 Å². The van der Waals surface area contributed by atoms with Gasteiger partial charge >= 0.3 is 0 Å². The van der Waals surface area contributed by atoms with Crippen LogP contribution < -0.4 is 5.73 Å². The predicted molar refractivity (Wildman–Crippen MR) is 67.3 cm³/mol. The summed E-state index contributed by atoms with van der Waals surface area (Å²) < 4.78 is 15.4. The van der Waals surface area contributed by atoms with Gasteiger partial charge in [0.1, 0.15) is 5.82 Å². The molecule has 1 atom stereocenters. The average Bonchev–Trinajstić information content (AvgIpc) is 2.73. The molecule has 90 valence electrons. The van der Waals surface area contributed by atoms with Crippen LogP contribution in [0.2, 0.25) is 0 Å². The Labute approximate surface area is 104 Å². The van der Waals surface area contributed by atoms with E-state index >= 15 is 0 Å². The summed E-state index contributed by atoms with van der Waals surface area (Å²) in [5, 5.41) is 4.00. The van der Waals surface area contributed by atoms with Crippen LogP contribution in [0, 0.1) is 5.82 Å². The van der Waals surface area contributed by atoms with E-state index in [1.807, 2.05) is 19.3 Å². The summed E-state index contributed by atoms with van der Waals surface area (Å²) in [7, 11) is 1.85. The Morgan fingerprint density at radius 3 is 2.82 bits per heavy atom. The minimum Gasteiger partial charge on any atom is -0.329 e. The maximum atomic E-state index is 13.6. The van der Waals surface area contributed by atoms with Crippen LogP contribution in [0.1, 0.15) is 10.8 Å². The summed E-state index contributed by atoms with van der Waals surface area (Å²) >= 11 is 1.53. The van der Waals surface area contributed by atoms with E-state index in [0.29, 0.717) is 12.1 Å². The summed E-state index contributed by atoms with van der Waals surface area (Å²) in [6, 6.07) is 6.74. The molecule has 5 heteroatoms. The van der Waals surface area contributed by atoms with Gasteiger partial charge < -0.3 is 5.73 Å². The minimum absolute atomic E-state index is 0.0830. The first-order chi connectivity index (χ1) is 8.20. The molecule has 2 rings (SSSR count). The van der Waals surface area contributed by atoms with E-state index < -0.39 is 0 Å². The van der Waals surface area contributed by atoms with Crippen LogP contribution in [0.3, 0.4) is 0 Å². The van der Waals surface area contributed by atoms with Crippen molar-refractivity contribution in [1.82, 2.24) is 9.78 Å². The highest BCUT2D eigenvalue weighted by molar-refractivity contribution is 7.99. The number of nitrogens with two attached hydrogens (primary N) is 1. The fourth-order valence-electron chi connectivity index (χ4n) is 1.60. The van der Waals surface area contributed by atoms with Gasteiger partial charge in [0, 0.05) is 35.5 Å². The van der Waals surface area contributed by atoms with Gasteiger partial charge in [-0.25, -0.2) is 4.39 Å². The molecule has 0 fully saturated rings. The van der Waals surface area contributed by atoms with E-state index in [0.717, 1.165) is 4.90 Å². The van der Waals surface area contributed by atoms with Gasteiger partial charge in [-0.05, 0) is 6.07 Å². The lowest BCUT2D eigenvalue weighted by Gasteiger charge is -2.14. The molecule has 1 heterocycles. The quantitative estimate of drug-likeness (QED) is 0.848. The molecule has 0 aliphatic carbocycles. The van der Waals surface area contributed by atoms with E-state index in [2.05, 4.69) is 5.10 Å². The molecule has 1 unspecified atom stereocenters. The molecule has 0 saturated heterocycles. The van der Waals surface area contributed by atoms with Crippen LogP contribution >= 0.6 is 11.8 Å². The highest BCUT2D eigenvalue weighted by Gasteiger charge is 2.15. The van der Waals surface area contributed by atoms with Gasteiger partial charge in [0.2, 0.25) is 0 Å². The van der Waals surface area contributed by atoms with Crippen molar-refractivity contribution < 1.29 is 4.39 Å². The number of halogens is 1. The summed E-state index contributed by atoms with van der Waals surface area (Å²) in [6.45, 7) is 0.389. The molecule has 0 saturated carbocycles. The number of aryl methyl sites for hydroxylation is 1. The van der Waals surface area contributed by atoms with Crippen molar-refractivity contribution in [1.29, 1.82) is 0 Å². The van der Waals surface area contributed by atoms with E-state index in [1.165, 1.54) is 17.8 Å². The van der Waals surface area contributed by atoms with Crippen LogP contribution in [0.15, 0.2) is 41.6 Å². The number of aromatic nitrogens is 2. The lowest BCUT2D eigenvalue weighted by molar-refractivity contribution is 0.608. The monoisotopic (exact) mass is 251 g/mol. The number of hydrogen-bond acceptors (Lipinski definition) is 3. The molecule has 3 nitrogen and oxygen atoms in total. The molecular formula is C12H14FN3S. The van der Waals surface area contributed by atoms with Crippen LogP contribution in [0.4, 0.5) is 4.39 Å².